The van der Waals surface area contributed by atoms with Crippen LogP contribution in [-0.2, 0) is 0 Å². The molecule has 6 nitrogen and oxygen atoms in total. The van der Waals surface area contributed by atoms with Gasteiger partial charge in [-0.15, -0.1) is 10.2 Å². The van der Waals surface area contributed by atoms with Crippen LogP contribution in [0.1, 0.15) is 0 Å². The first-order valence-corrected chi connectivity index (χ1v) is 8.40. The number of halogens is 2. The van der Waals surface area contributed by atoms with Crippen molar-refractivity contribution in [1.82, 2.24) is 0 Å². The van der Waals surface area contributed by atoms with Gasteiger partial charge in [-0.05, 0) is 22.9 Å². The van der Waals surface area contributed by atoms with Crippen molar-refractivity contribution in [3.8, 4) is 0 Å². The first-order valence-electron chi connectivity index (χ1n) is 6.79. The lowest BCUT2D eigenvalue weighted by Crippen LogP contribution is -2.68. The number of benzene rings is 2. The van der Waals surface area contributed by atoms with Gasteiger partial charge in [0.1, 0.15) is 19.3 Å². The Balaban J connectivity index is 0.000000505. The van der Waals surface area contributed by atoms with E-state index in [0.717, 1.165) is 5.69 Å². The fourth-order valence-corrected chi connectivity index (χ4v) is 1.98. The summed E-state index contributed by atoms with van der Waals surface area (Å²) in [7, 11) is 0.958. The Kier molecular flexibility index (Phi) is 7.62. The van der Waals surface area contributed by atoms with Gasteiger partial charge in [-0.3, -0.25) is 0 Å². The summed E-state index contributed by atoms with van der Waals surface area (Å²) in [4.78, 5) is 1.97. The molecule has 0 amide bonds. The van der Waals surface area contributed by atoms with Gasteiger partial charge >= 0.3 is 0 Å². The van der Waals surface area contributed by atoms with Crippen molar-refractivity contribution in [2.45, 2.75) is 0 Å². The molecule has 0 saturated carbocycles. The van der Waals surface area contributed by atoms with Gasteiger partial charge in [-0.2, -0.15) is 0 Å². The molecule has 0 fully saturated rings. The smallest absolute Gasteiger partial charge is 0.165 e. The van der Waals surface area contributed by atoms with Crippen molar-refractivity contribution in [3.05, 3.63) is 53.7 Å². The molecule has 0 aliphatic carbocycles. The maximum Gasteiger partial charge on any atom is 0.165 e. The number of hydrogen-bond donors (Lipinski definition) is 0. The van der Waals surface area contributed by atoms with E-state index < -0.39 is 10.2 Å². The third kappa shape index (κ3) is 7.74. The summed E-state index contributed by atoms with van der Waals surface area (Å²) in [5.41, 5.74) is 1.08. The van der Waals surface area contributed by atoms with Crippen molar-refractivity contribution in [1.29, 1.82) is 0 Å². The second-order valence-corrected chi connectivity index (χ2v) is 6.21. The Labute approximate surface area is 147 Å². The molecule has 0 saturated heterocycles. The zero-order valence-corrected chi connectivity index (χ0v) is 15.0. The predicted molar refractivity (Wildman–Crippen MR) is 84.5 cm³/mol. The second-order valence-electron chi connectivity index (χ2n) is 5.07. The van der Waals surface area contributed by atoms with E-state index in [1.54, 1.807) is 0 Å². The number of rotatable bonds is 3. The lowest BCUT2D eigenvalue weighted by molar-refractivity contribution is -2.00. The highest BCUT2D eigenvalue weighted by atomic mass is 35.7. The SMILES string of the molecule is CN(/C(Cl)=C/C=[N+](C)C)c1ccc2ccccc2c1.[O-][Cl+3]([O-])([O-])[O-]. The summed E-state index contributed by atoms with van der Waals surface area (Å²) in [6.45, 7) is 0. The standard InChI is InChI=1S/C16H18ClN2.ClHO4/c1-18(2)11-10-16(17)19(3)15-9-8-13-6-4-5-7-14(13)12-15;2-1(3,4)5/h4-12H,1-3H3;(H,2,3,4,5)/q+1;/p-1. The van der Waals surface area contributed by atoms with Crippen LogP contribution in [0.3, 0.4) is 0 Å². The first kappa shape index (κ1) is 20.4. The summed E-state index contributed by atoms with van der Waals surface area (Å²) in [6.07, 6.45) is 3.82. The van der Waals surface area contributed by atoms with Crippen molar-refractivity contribution >= 4 is 34.3 Å². The molecule has 0 radical (unpaired) electrons. The largest absolute Gasteiger partial charge is 0.335 e. The molecule has 8 heteroatoms. The molecular weight excluding hydrogens is 355 g/mol. The van der Waals surface area contributed by atoms with Crippen LogP contribution >= 0.6 is 11.6 Å². The topological polar surface area (TPSA) is 98.5 Å². The molecule has 0 spiro atoms. The molecule has 2 rings (SSSR count). The van der Waals surface area contributed by atoms with Crippen molar-refractivity contribution < 1.29 is 33.5 Å². The molecule has 0 aliphatic heterocycles. The van der Waals surface area contributed by atoms with Crippen LogP contribution in [0, 0.1) is 10.2 Å². The van der Waals surface area contributed by atoms with Crippen LogP contribution in [0.25, 0.3) is 10.8 Å². The van der Waals surface area contributed by atoms with Crippen molar-refractivity contribution in [2.24, 2.45) is 0 Å². The van der Waals surface area contributed by atoms with Gasteiger partial charge in [0, 0.05) is 18.8 Å². The average molecular weight is 373 g/mol. The Bertz CT molecular complexity index is 732. The molecule has 2 aromatic carbocycles. The summed E-state index contributed by atoms with van der Waals surface area (Å²) >= 11 is 6.29. The second kappa shape index (κ2) is 8.98. The fraction of sp³-hybridized carbons (Fsp3) is 0.188. The highest BCUT2D eigenvalue weighted by Crippen LogP contribution is 2.24. The average Bonchev–Trinajstić information content (AvgIpc) is 2.49. The zero-order valence-electron chi connectivity index (χ0n) is 13.5. The van der Waals surface area contributed by atoms with Crippen LogP contribution in [0.4, 0.5) is 5.69 Å². The Morgan fingerprint density at radius 2 is 1.58 bits per heavy atom. The quantitative estimate of drug-likeness (QED) is 0.388. The summed E-state index contributed by atoms with van der Waals surface area (Å²) in [6, 6.07) is 14.6. The van der Waals surface area contributed by atoms with Crippen LogP contribution in [0.2, 0.25) is 0 Å². The minimum absolute atomic E-state index is 0.684. The predicted octanol–water partition coefficient (Wildman–Crippen LogP) is -1.06. The summed E-state index contributed by atoms with van der Waals surface area (Å²) in [5.74, 6) is 0. The Hall–Kier alpha value is -1.67. The molecule has 0 bridgehead atoms. The van der Waals surface area contributed by atoms with Crippen LogP contribution in [0.15, 0.2) is 53.7 Å². The van der Waals surface area contributed by atoms with Crippen molar-refractivity contribution in [2.75, 3.05) is 26.0 Å². The van der Waals surface area contributed by atoms with E-state index in [0.29, 0.717) is 5.16 Å². The van der Waals surface area contributed by atoms with Crippen LogP contribution < -0.4 is 23.5 Å². The molecule has 0 aliphatic rings. The summed E-state index contributed by atoms with van der Waals surface area (Å²) in [5, 5.41) is 3.14. The van der Waals surface area contributed by atoms with Gasteiger partial charge in [0.2, 0.25) is 0 Å². The molecule has 24 heavy (non-hydrogen) atoms. The van der Waals surface area contributed by atoms with E-state index in [4.69, 9.17) is 30.2 Å². The fourth-order valence-electron chi connectivity index (χ4n) is 1.83. The van der Waals surface area contributed by atoms with Crippen LogP contribution in [0.5, 0.6) is 0 Å². The van der Waals surface area contributed by atoms with Gasteiger partial charge in [0.25, 0.3) is 0 Å². The van der Waals surface area contributed by atoms with E-state index >= 15 is 0 Å². The highest BCUT2D eigenvalue weighted by molar-refractivity contribution is 6.32. The monoisotopic (exact) mass is 372 g/mol. The number of anilines is 1. The molecule has 0 aromatic heterocycles. The molecule has 130 valence electrons. The minimum Gasteiger partial charge on any atom is -0.335 e. The maximum atomic E-state index is 8.49. The third-order valence-electron chi connectivity index (χ3n) is 2.95. The molecule has 0 N–H and O–H groups in total. The van der Waals surface area contributed by atoms with Gasteiger partial charge in [-0.25, -0.2) is 23.2 Å². The van der Waals surface area contributed by atoms with E-state index in [1.165, 1.54) is 10.8 Å². The lowest BCUT2D eigenvalue weighted by Gasteiger charge is -2.18. The number of hydrogen-bond acceptors (Lipinski definition) is 5. The van der Waals surface area contributed by atoms with Gasteiger partial charge in [-0.1, -0.05) is 41.9 Å². The Morgan fingerprint density at radius 1 is 1.04 bits per heavy atom. The van der Waals surface area contributed by atoms with Crippen molar-refractivity contribution in [3.63, 3.8) is 0 Å². The van der Waals surface area contributed by atoms with Crippen LogP contribution in [-0.4, -0.2) is 31.9 Å². The van der Waals surface area contributed by atoms with Gasteiger partial charge < -0.3 is 4.90 Å². The van der Waals surface area contributed by atoms with E-state index in [1.807, 2.05) is 55.0 Å². The summed E-state index contributed by atoms with van der Waals surface area (Å²) < 4.78 is 35.9. The maximum absolute atomic E-state index is 8.49. The minimum atomic E-state index is -4.94. The third-order valence-corrected chi connectivity index (χ3v) is 3.33. The first-order chi connectivity index (χ1) is 11.1. The number of nitrogens with zero attached hydrogens (tertiary/aromatic N) is 2. The van der Waals surface area contributed by atoms with Gasteiger partial charge in [0.05, 0.1) is 0 Å². The normalized spacial score (nSPS) is 11.6. The molecule has 0 atom stereocenters. The molecule has 0 heterocycles. The molecular formula is C16H18Cl2N2O4. The lowest BCUT2D eigenvalue weighted by atomic mass is 10.1. The van der Waals surface area contributed by atoms with E-state index in [2.05, 4.69) is 30.3 Å². The Morgan fingerprint density at radius 3 is 2.12 bits per heavy atom. The zero-order chi connectivity index (χ0) is 18.3. The number of allylic oxidation sites excluding steroid dienone is 1. The van der Waals surface area contributed by atoms with E-state index in [9.17, 15) is 0 Å². The van der Waals surface area contributed by atoms with Gasteiger partial charge in [0.15, 0.2) is 6.21 Å². The molecule has 0 unspecified atom stereocenters. The molecule has 2 aromatic rings. The number of fused-ring (bicyclic) bond motifs is 1. The highest BCUT2D eigenvalue weighted by Gasteiger charge is 2.05. The van der Waals surface area contributed by atoms with E-state index in [-0.39, 0.29) is 0 Å².